The number of thioether (sulfide) groups is 1. The van der Waals surface area contributed by atoms with E-state index in [4.69, 9.17) is 25.5 Å². The zero-order valence-corrected chi connectivity index (χ0v) is 16.9. The molecule has 0 unspecified atom stereocenters. The molecule has 0 atom stereocenters. The molecule has 29 heavy (non-hydrogen) atoms. The fourth-order valence-corrected chi connectivity index (χ4v) is 4.25. The van der Waals surface area contributed by atoms with Crippen molar-refractivity contribution in [2.75, 3.05) is 6.79 Å². The highest BCUT2D eigenvalue weighted by Crippen LogP contribution is 2.36. The molecule has 5 rings (SSSR count). The van der Waals surface area contributed by atoms with Crippen LogP contribution in [0.5, 0.6) is 11.5 Å². The summed E-state index contributed by atoms with van der Waals surface area (Å²) in [5.41, 5.74) is 3.49. The Morgan fingerprint density at radius 1 is 1.07 bits per heavy atom. The maximum atomic E-state index is 6.58. The normalized spacial score (nSPS) is 12.5. The van der Waals surface area contributed by atoms with Crippen LogP contribution in [-0.4, -0.2) is 26.8 Å². The van der Waals surface area contributed by atoms with E-state index >= 15 is 0 Å². The highest BCUT2D eigenvalue weighted by molar-refractivity contribution is 7.98. The summed E-state index contributed by atoms with van der Waals surface area (Å²) in [6.45, 7) is 2.16. The van der Waals surface area contributed by atoms with Gasteiger partial charge in [-0.1, -0.05) is 41.6 Å². The van der Waals surface area contributed by atoms with Gasteiger partial charge < -0.3 is 13.9 Å². The lowest BCUT2D eigenvalue weighted by Gasteiger charge is -2.02. The molecule has 9 heteroatoms. The Hall–Kier alpha value is -2.97. The first-order valence-electron chi connectivity index (χ1n) is 8.85. The third-order valence-electron chi connectivity index (χ3n) is 4.49. The molecule has 3 heterocycles. The summed E-state index contributed by atoms with van der Waals surface area (Å²) in [5, 5.41) is 13.9. The highest BCUT2D eigenvalue weighted by atomic mass is 35.5. The molecule has 1 aliphatic heterocycles. The molecule has 0 saturated carbocycles. The van der Waals surface area contributed by atoms with Crippen LogP contribution in [0, 0.1) is 6.92 Å². The molecule has 4 aromatic rings. The molecule has 0 fully saturated rings. The minimum Gasteiger partial charge on any atom is -0.454 e. The maximum absolute atomic E-state index is 6.58. The number of para-hydroxylation sites is 1. The molecule has 7 nitrogen and oxygen atoms in total. The average molecular weight is 427 g/mol. The lowest BCUT2D eigenvalue weighted by molar-refractivity contribution is 0.174. The number of nitrogens with zero attached hydrogens (tertiary/aromatic N) is 4. The fraction of sp³-hybridized carbons (Fsp3) is 0.150. The summed E-state index contributed by atoms with van der Waals surface area (Å²) < 4.78 is 18.3. The number of hydrogen-bond donors (Lipinski definition) is 0. The van der Waals surface area contributed by atoms with Crippen LogP contribution in [0.4, 0.5) is 0 Å². The van der Waals surface area contributed by atoms with Crippen molar-refractivity contribution in [3.8, 4) is 28.6 Å². The van der Waals surface area contributed by atoms with Crippen molar-refractivity contribution in [1.29, 1.82) is 0 Å². The molecule has 0 amide bonds. The van der Waals surface area contributed by atoms with Crippen LogP contribution in [0.25, 0.3) is 17.1 Å². The number of hydrogen-bond acceptors (Lipinski definition) is 7. The van der Waals surface area contributed by atoms with Gasteiger partial charge in [-0.05, 0) is 37.3 Å². The minimum absolute atomic E-state index is 0.223. The van der Waals surface area contributed by atoms with Crippen LogP contribution in [0.15, 0.2) is 58.2 Å². The third kappa shape index (κ3) is 3.45. The van der Waals surface area contributed by atoms with Crippen molar-refractivity contribution < 1.29 is 13.9 Å². The Balaban J connectivity index is 1.33. The van der Waals surface area contributed by atoms with E-state index in [0.717, 1.165) is 22.5 Å². The van der Waals surface area contributed by atoms with E-state index in [1.165, 1.54) is 11.8 Å². The topological polar surface area (TPSA) is 75.2 Å². The van der Waals surface area contributed by atoms with E-state index in [-0.39, 0.29) is 6.79 Å². The number of ether oxygens (including phenoxy) is 2. The van der Waals surface area contributed by atoms with Gasteiger partial charge in [0.15, 0.2) is 11.5 Å². The van der Waals surface area contributed by atoms with E-state index in [0.29, 0.717) is 33.5 Å². The second-order valence-corrected chi connectivity index (χ2v) is 7.62. The largest absolute Gasteiger partial charge is 0.454 e. The van der Waals surface area contributed by atoms with Gasteiger partial charge in [-0.2, -0.15) is 5.10 Å². The first-order chi connectivity index (χ1) is 14.2. The van der Waals surface area contributed by atoms with Gasteiger partial charge in [0, 0.05) is 16.9 Å². The van der Waals surface area contributed by atoms with Crippen LogP contribution in [0.2, 0.25) is 5.15 Å². The van der Waals surface area contributed by atoms with Gasteiger partial charge in [0.1, 0.15) is 5.15 Å². The molecule has 2 aromatic heterocycles. The van der Waals surface area contributed by atoms with Crippen LogP contribution in [0.1, 0.15) is 11.3 Å². The number of benzene rings is 2. The third-order valence-corrected chi connectivity index (χ3v) is 5.72. The number of rotatable bonds is 5. The Morgan fingerprint density at radius 3 is 2.76 bits per heavy atom. The fourth-order valence-electron chi connectivity index (χ4n) is 2.98. The monoisotopic (exact) mass is 426 g/mol. The number of aromatic nitrogens is 4. The Kier molecular flexibility index (Phi) is 4.65. The number of halogens is 1. The maximum Gasteiger partial charge on any atom is 0.277 e. The first kappa shape index (κ1) is 18.1. The van der Waals surface area contributed by atoms with E-state index in [2.05, 4.69) is 15.3 Å². The summed E-state index contributed by atoms with van der Waals surface area (Å²) >= 11 is 8.00. The van der Waals surface area contributed by atoms with E-state index in [1.807, 2.05) is 55.5 Å². The van der Waals surface area contributed by atoms with Gasteiger partial charge >= 0.3 is 0 Å². The zero-order chi connectivity index (χ0) is 19.8. The summed E-state index contributed by atoms with van der Waals surface area (Å²) in [6.07, 6.45) is 0. The standard InChI is InChI=1S/C20H15ClN4O3S/c1-12-15(18(21)25(24-12)14-5-3-2-4-6-14)10-29-20-23-22-19(28-20)13-7-8-16-17(9-13)27-11-26-16/h2-9H,10-11H2,1H3. The number of fused-ring (bicyclic) bond motifs is 1. The van der Waals surface area contributed by atoms with Crippen LogP contribution in [0.3, 0.4) is 0 Å². The minimum atomic E-state index is 0.223. The van der Waals surface area contributed by atoms with Gasteiger partial charge in [-0.3, -0.25) is 0 Å². The molecule has 0 spiro atoms. The van der Waals surface area contributed by atoms with Gasteiger partial charge in [-0.15, -0.1) is 10.2 Å². The predicted octanol–water partition coefficient (Wildman–Crippen LogP) is 4.91. The number of aryl methyl sites for hydroxylation is 1. The second kappa shape index (κ2) is 7.46. The van der Waals surface area contributed by atoms with E-state index in [1.54, 1.807) is 4.68 Å². The summed E-state index contributed by atoms with van der Waals surface area (Å²) in [7, 11) is 0. The van der Waals surface area contributed by atoms with Gasteiger partial charge in [0.2, 0.25) is 12.7 Å². The predicted molar refractivity (Wildman–Crippen MR) is 109 cm³/mol. The quantitative estimate of drug-likeness (QED) is 0.420. The Labute approximate surface area is 175 Å². The molecule has 146 valence electrons. The van der Waals surface area contributed by atoms with E-state index in [9.17, 15) is 0 Å². The molecule has 0 saturated heterocycles. The molecule has 2 aromatic carbocycles. The molecule has 0 bridgehead atoms. The SMILES string of the molecule is Cc1nn(-c2ccccc2)c(Cl)c1CSc1nnc(-c2ccc3c(c2)OCO3)o1. The highest BCUT2D eigenvalue weighted by Gasteiger charge is 2.19. The molecule has 0 N–H and O–H groups in total. The molecule has 1 aliphatic rings. The molecular weight excluding hydrogens is 412 g/mol. The van der Waals surface area contributed by atoms with Crippen LogP contribution in [-0.2, 0) is 5.75 Å². The summed E-state index contributed by atoms with van der Waals surface area (Å²) in [4.78, 5) is 0. The van der Waals surface area contributed by atoms with Crippen LogP contribution >= 0.6 is 23.4 Å². The smallest absolute Gasteiger partial charge is 0.277 e. The van der Waals surface area contributed by atoms with Crippen molar-refractivity contribution in [2.45, 2.75) is 17.9 Å². The van der Waals surface area contributed by atoms with Gasteiger partial charge in [-0.25, -0.2) is 4.68 Å². The van der Waals surface area contributed by atoms with Crippen molar-refractivity contribution in [2.24, 2.45) is 0 Å². The first-order valence-corrected chi connectivity index (χ1v) is 10.2. The lowest BCUT2D eigenvalue weighted by Crippen LogP contribution is -1.95. The lowest BCUT2D eigenvalue weighted by atomic mass is 10.2. The molecule has 0 radical (unpaired) electrons. The van der Waals surface area contributed by atoms with Gasteiger partial charge in [0.25, 0.3) is 5.22 Å². The summed E-state index contributed by atoms with van der Waals surface area (Å²) in [5.74, 6) is 2.38. The molecular formula is C20H15ClN4O3S. The van der Waals surface area contributed by atoms with E-state index < -0.39 is 0 Å². The molecule has 0 aliphatic carbocycles. The summed E-state index contributed by atoms with van der Waals surface area (Å²) in [6, 6.07) is 15.3. The van der Waals surface area contributed by atoms with Crippen molar-refractivity contribution in [3.05, 3.63) is 64.9 Å². The Bertz CT molecular complexity index is 1180. The Morgan fingerprint density at radius 2 is 1.90 bits per heavy atom. The second-order valence-electron chi connectivity index (χ2n) is 6.33. The van der Waals surface area contributed by atoms with Crippen molar-refractivity contribution >= 4 is 23.4 Å². The van der Waals surface area contributed by atoms with Crippen LogP contribution < -0.4 is 9.47 Å². The van der Waals surface area contributed by atoms with Gasteiger partial charge in [0.05, 0.1) is 11.4 Å². The zero-order valence-electron chi connectivity index (χ0n) is 15.3. The average Bonchev–Trinajstić information content (AvgIpc) is 3.46. The van der Waals surface area contributed by atoms with Crippen molar-refractivity contribution in [1.82, 2.24) is 20.0 Å². The van der Waals surface area contributed by atoms with Crippen molar-refractivity contribution in [3.63, 3.8) is 0 Å².